The summed E-state index contributed by atoms with van der Waals surface area (Å²) in [6.07, 6.45) is 0.558. The quantitative estimate of drug-likeness (QED) is 0.831. The molecule has 1 aliphatic rings. The Morgan fingerprint density at radius 3 is 2.77 bits per heavy atom. The molecule has 0 saturated heterocycles. The van der Waals surface area contributed by atoms with E-state index in [-0.39, 0.29) is 17.3 Å². The zero-order chi connectivity index (χ0) is 16.3. The average Bonchev–Trinajstić information content (AvgIpc) is 2.45. The number of nitrogens with zero attached hydrogens (tertiary/aromatic N) is 1. The number of sulfonamides is 1. The molecule has 0 radical (unpaired) electrons. The Morgan fingerprint density at radius 1 is 1.41 bits per heavy atom. The average molecular weight is 326 g/mol. The molecule has 1 unspecified atom stereocenters. The summed E-state index contributed by atoms with van der Waals surface area (Å²) in [7, 11) is -3.59. The maximum Gasteiger partial charge on any atom is 0.240 e. The van der Waals surface area contributed by atoms with Gasteiger partial charge >= 0.3 is 0 Å². The molecule has 0 aliphatic carbocycles. The van der Waals surface area contributed by atoms with Gasteiger partial charge in [-0.15, -0.1) is 0 Å². The van der Waals surface area contributed by atoms with E-state index in [1.165, 1.54) is 6.92 Å². The number of fused-ring (bicyclic) bond motifs is 1. The number of benzene rings is 1. The second-order valence-electron chi connectivity index (χ2n) is 5.66. The molecule has 1 aromatic carbocycles. The van der Waals surface area contributed by atoms with E-state index in [9.17, 15) is 18.3 Å². The van der Waals surface area contributed by atoms with Crippen LogP contribution in [0.4, 0.5) is 0 Å². The first-order valence-electron chi connectivity index (χ1n) is 7.34. The fourth-order valence-corrected chi connectivity index (χ4v) is 3.55. The normalized spacial score (nSPS) is 16.2. The highest BCUT2D eigenvalue weighted by Gasteiger charge is 2.21. The molecule has 0 spiro atoms. The van der Waals surface area contributed by atoms with Crippen molar-refractivity contribution in [3.8, 4) is 0 Å². The van der Waals surface area contributed by atoms with E-state index in [0.29, 0.717) is 19.5 Å². The van der Waals surface area contributed by atoms with Gasteiger partial charge in [0.25, 0.3) is 0 Å². The SMILES string of the molecule is CC(=O)N1CCc2ccc(S(=O)(=O)NCCC(C)O)cc2C1. The van der Waals surface area contributed by atoms with Crippen LogP contribution >= 0.6 is 0 Å². The van der Waals surface area contributed by atoms with Gasteiger partial charge in [-0.05, 0) is 43.0 Å². The number of aliphatic hydroxyl groups excluding tert-OH is 1. The molecular formula is C15H22N2O4S. The largest absolute Gasteiger partial charge is 0.393 e. The first kappa shape index (κ1) is 16.9. The summed E-state index contributed by atoms with van der Waals surface area (Å²) in [6.45, 7) is 4.44. The number of carbonyl (C=O) groups excluding carboxylic acids is 1. The van der Waals surface area contributed by atoms with E-state index in [1.807, 2.05) is 6.07 Å². The van der Waals surface area contributed by atoms with E-state index < -0.39 is 16.1 Å². The van der Waals surface area contributed by atoms with Crippen LogP contribution < -0.4 is 4.72 Å². The first-order valence-corrected chi connectivity index (χ1v) is 8.83. The number of amides is 1. The van der Waals surface area contributed by atoms with Gasteiger partial charge in [-0.1, -0.05) is 6.07 Å². The standard InChI is InChI=1S/C15H22N2O4S/c1-11(18)5-7-16-22(20,21)15-4-3-13-6-8-17(12(2)19)10-14(13)9-15/h3-4,9,11,16,18H,5-8,10H2,1-2H3. The fourth-order valence-electron chi connectivity index (χ4n) is 2.45. The highest BCUT2D eigenvalue weighted by atomic mass is 32.2. The van der Waals surface area contributed by atoms with E-state index in [4.69, 9.17) is 0 Å². The lowest BCUT2D eigenvalue weighted by atomic mass is 10.00. The van der Waals surface area contributed by atoms with Crippen molar-refractivity contribution in [2.45, 2.75) is 44.2 Å². The van der Waals surface area contributed by atoms with E-state index in [2.05, 4.69) is 4.72 Å². The third-order valence-corrected chi connectivity index (χ3v) is 5.26. The highest BCUT2D eigenvalue weighted by molar-refractivity contribution is 7.89. The van der Waals surface area contributed by atoms with Crippen molar-refractivity contribution < 1.29 is 18.3 Å². The molecule has 1 heterocycles. The molecule has 2 N–H and O–H groups in total. The number of aliphatic hydroxyl groups is 1. The monoisotopic (exact) mass is 326 g/mol. The summed E-state index contributed by atoms with van der Waals surface area (Å²) in [6, 6.07) is 5.04. The summed E-state index contributed by atoms with van der Waals surface area (Å²) in [4.78, 5) is 13.4. The molecule has 0 aromatic heterocycles. The molecule has 0 fully saturated rings. The van der Waals surface area contributed by atoms with Crippen molar-refractivity contribution in [1.29, 1.82) is 0 Å². The Kier molecular flexibility index (Phi) is 5.20. The Balaban J connectivity index is 2.16. The lowest BCUT2D eigenvalue weighted by molar-refractivity contribution is -0.129. The minimum atomic E-state index is -3.59. The van der Waals surface area contributed by atoms with Crippen molar-refractivity contribution in [3.63, 3.8) is 0 Å². The van der Waals surface area contributed by atoms with Crippen molar-refractivity contribution >= 4 is 15.9 Å². The maximum absolute atomic E-state index is 12.2. The van der Waals surface area contributed by atoms with Crippen LogP contribution in [-0.2, 0) is 27.8 Å². The van der Waals surface area contributed by atoms with Gasteiger partial charge < -0.3 is 10.0 Å². The smallest absolute Gasteiger partial charge is 0.240 e. The van der Waals surface area contributed by atoms with Gasteiger partial charge in [-0.25, -0.2) is 13.1 Å². The van der Waals surface area contributed by atoms with Crippen LogP contribution in [0.5, 0.6) is 0 Å². The molecule has 1 aliphatic heterocycles. The maximum atomic E-state index is 12.2. The van der Waals surface area contributed by atoms with Gasteiger partial charge in [0, 0.05) is 26.6 Å². The van der Waals surface area contributed by atoms with Gasteiger partial charge in [0.2, 0.25) is 15.9 Å². The molecule has 1 aromatic rings. The Hall–Kier alpha value is -1.44. The second-order valence-corrected chi connectivity index (χ2v) is 7.42. The summed E-state index contributed by atoms with van der Waals surface area (Å²) in [5, 5.41) is 9.19. The van der Waals surface area contributed by atoms with E-state index in [1.54, 1.807) is 24.0 Å². The van der Waals surface area contributed by atoms with Gasteiger partial charge in [0.1, 0.15) is 0 Å². The van der Waals surface area contributed by atoms with Crippen LogP contribution in [0, 0.1) is 0 Å². The van der Waals surface area contributed by atoms with E-state index >= 15 is 0 Å². The molecule has 2 rings (SSSR count). The van der Waals surface area contributed by atoms with E-state index in [0.717, 1.165) is 17.5 Å². The fraction of sp³-hybridized carbons (Fsp3) is 0.533. The minimum absolute atomic E-state index is 0.00558. The lowest BCUT2D eigenvalue weighted by Gasteiger charge is -2.28. The molecular weight excluding hydrogens is 304 g/mol. The first-order chi connectivity index (χ1) is 10.3. The van der Waals surface area contributed by atoms with Crippen molar-refractivity contribution in [3.05, 3.63) is 29.3 Å². The molecule has 1 atom stereocenters. The zero-order valence-corrected chi connectivity index (χ0v) is 13.7. The predicted octanol–water partition coefficient (Wildman–Crippen LogP) is 0.640. The number of carbonyl (C=O) groups is 1. The van der Waals surface area contributed by atoms with Crippen LogP contribution in [0.15, 0.2) is 23.1 Å². The summed E-state index contributed by atoms with van der Waals surface area (Å²) in [5.74, 6) is -0.00558. The highest BCUT2D eigenvalue weighted by Crippen LogP contribution is 2.22. The van der Waals surface area contributed by atoms with Gasteiger partial charge in [0.15, 0.2) is 0 Å². The molecule has 7 heteroatoms. The van der Waals surface area contributed by atoms with Crippen LogP contribution in [-0.4, -0.2) is 43.5 Å². The van der Waals surface area contributed by atoms with Gasteiger partial charge in [-0.2, -0.15) is 0 Å². The van der Waals surface area contributed by atoms with Gasteiger partial charge in [-0.3, -0.25) is 4.79 Å². The zero-order valence-electron chi connectivity index (χ0n) is 12.9. The third kappa shape index (κ3) is 4.06. The van der Waals surface area contributed by atoms with Crippen molar-refractivity contribution in [1.82, 2.24) is 9.62 Å². The second kappa shape index (κ2) is 6.76. The molecule has 6 nitrogen and oxygen atoms in total. The Bertz CT molecular complexity index is 656. The van der Waals surface area contributed by atoms with Crippen molar-refractivity contribution in [2.75, 3.05) is 13.1 Å². The van der Waals surface area contributed by atoms with Crippen molar-refractivity contribution in [2.24, 2.45) is 0 Å². The molecule has 0 saturated carbocycles. The molecule has 0 bridgehead atoms. The summed E-state index contributed by atoms with van der Waals surface area (Å²) < 4.78 is 27.0. The number of nitrogens with one attached hydrogen (secondary N) is 1. The Morgan fingerprint density at radius 2 is 2.14 bits per heavy atom. The molecule has 22 heavy (non-hydrogen) atoms. The number of hydrogen-bond donors (Lipinski definition) is 2. The minimum Gasteiger partial charge on any atom is -0.393 e. The molecule has 122 valence electrons. The summed E-state index contributed by atoms with van der Waals surface area (Å²) >= 11 is 0. The van der Waals surface area contributed by atoms with Gasteiger partial charge in [0.05, 0.1) is 11.0 Å². The topological polar surface area (TPSA) is 86.7 Å². The lowest BCUT2D eigenvalue weighted by Crippen LogP contribution is -2.34. The predicted molar refractivity (Wildman–Crippen MR) is 82.7 cm³/mol. The third-order valence-electron chi connectivity index (χ3n) is 3.80. The number of rotatable bonds is 5. The van der Waals surface area contributed by atoms with Crippen LogP contribution in [0.2, 0.25) is 0 Å². The van der Waals surface area contributed by atoms with Crippen LogP contribution in [0.1, 0.15) is 31.4 Å². The van der Waals surface area contributed by atoms with Crippen LogP contribution in [0.25, 0.3) is 0 Å². The molecule has 1 amide bonds. The number of hydrogen-bond acceptors (Lipinski definition) is 4. The summed E-state index contributed by atoms with van der Waals surface area (Å²) in [5.41, 5.74) is 1.96. The van der Waals surface area contributed by atoms with Crippen LogP contribution in [0.3, 0.4) is 0 Å². The Labute approximate surface area is 131 Å².